The van der Waals surface area contributed by atoms with Gasteiger partial charge in [-0.2, -0.15) is 5.10 Å². The van der Waals surface area contributed by atoms with E-state index < -0.39 is 0 Å². The summed E-state index contributed by atoms with van der Waals surface area (Å²) in [7, 11) is 0. The molecule has 2 heterocycles. The van der Waals surface area contributed by atoms with Gasteiger partial charge in [0, 0.05) is 19.6 Å². The van der Waals surface area contributed by atoms with E-state index in [9.17, 15) is 9.59 Å². The molecular formula is C19H28N4O3. The van der Waals surface area contributed by atoms with Crippen molar-refractivity contribution in [1.29, 1.82) is 0 Å². The predicted molar refractivity (Wildman–Crippen MR) is 97.9 cm³/mol. The van der Waals surface area contributed by atoms with Crippen LogP contribution >= 0.6 is 0 Å². The van der Waals surface area contributed by atoms with Crippen LogP contribution in [0.25, 0.3) is 0 Å². The number of morpholine rings is 1. The third-order valence-corrected chi connectivity index (χ3v) is 4.87. The van der Waals surface area contributed by atoms with Gasteiger partial charge in [0.25, 0.3) is 5.91 Å². The number of rotatable bonds is 6. The van der Waals surface area contributed by atoms with Gasteiger partial charge in [0.1, 0.15) is 12.2 Å². The number of nitrogens with zero attached hydrogens (tertiary/aromatic N) is 3. The summed E-state index contributed by atoms with van der Waals surface area (Å²) in [6.45, 7) is 4.79. The molecule has 0 aromatic carbocycles. The Hall–Kier alpha value is -2.15. The Morgan fingerprint density at radius 3 is 2.81 bits per heavy atom. The van der Waals surface area contributed by atoms with Crippen LogP contribution in [0.2, 0.25) is 0 Å². The minimum atomic E-state index is -0.111. The first-order valence-corrected chi connectivity index (χ1v) is 9.49. The van der Waals surface area contributed by atoms with Gasteiger partial charge in [-0.1, -0.05) is 11.6 Å². The molecule has 1 aromatic rings. The molecule has 2 aliphatic rings. The van der Waals surface area contributed by atoms with Crippen LogP contribution in [-0.4, -0.2) is 59.3 Å². The lowest BCUT2D eigenvalue weighted by atomic mass is 9.97. The zero-order chi connectivity index (χ0) is 18.4. The number of carbonyl (C=O) groups excluding carboxylic acids is 2. The molecule has 0 atom stereocenters. The summed E-state index contributed by atoms with van der Waals surface area (Å²) >= 11 is 0. The van der Waals surface area contributed by atoms with E-state index in [1.807, 2.05) is 6.92 Å². The normalized spacial score (nSPS) is 17.7. The van der Waals surface area contributed by atoms with E-state index in [0.717, 1.165) is 25.0 Å². The number of hydrogen-bond acceptors (Lipinski definition) is 4. The molecule has 1 N–H and O–H groups in total. The Morgan fingerprint density at radius 2 is 2.08 bits per heavy atom. The van der Waals surface area contributed by atoms with E-state index in [1.165, 1.54) is 23.1 Å². The standard InChI is InChI=1S/C19H28N4O3/c1-15-13-17(19(25)22-9-11-26-12-10-22)23(21-15)14-18(24)20-8-7-16-5-3-2-4-6-16/h5,13H,2-4,6-12,14H2,1H3,(H,20,24). The van der Waals surface area contributed by atoms with Crippen LogP contribution in [-0.2, 0) is 16.1 Å². The third kappa shape index (κ3) is 4.94. The Bertz CT molecular complexity index is 674. The quantitative estimate of drug-likeness (QED) is 0.783. The second kappa shape index (κ2) is 8.98. The molecule has 1 aliphatic heterocycles. The molecule has 0 spiro atoms. The van der Waals surface area contributed by atoms with Gasteiger partial charge in [-0.15, -0.1) is 0 Å². The first-order valence-electron chi connectivity index (χ1n) is 9.49. The fourth-order valence-corrected chi connectivity index (χ4v) is 3.45. The minimum absolute atomic E-state index is 0.0678. The van der Waals surface area contributed by atoms with Crippen molar-refractivity contribution < 1.29 is 14.3 Å². The van der Waals surface area contributed by atoms with Crippen molar-refractivity contribution in [3.63, 3.8) is 0 Å². The number of amides is 2. The summed E-state index contributed by atoms with van der Waals surface area (Å²) in [6, 6.07) is 1.75. The van der Waals surface area contributed by atoms with Crippen molar-refractivity contribution in [2.24, 2.45) is 0 Å². The zero-order valence-electron chi connectivity index (χ0n) is 15.5. The smallest absolute Gasteiger partial charge is 0.272 e. The number of aryl methyl sites for hydroxylation is 1. The van der Waals surface area contributed by atoms with E-state index in [0.29, 0.717) is 38.5 Å². The molecular weight excluding hydrogens is 332 g/mol. The number of carbonyl (C=O) groups is 2. The summed E-state index contributed by atoms with van der Waals surface area (Å²) in [5, 5.41) is 7.28. The molecule has 3 rings (SSSR count). The Kier molecular flexibility index (Phi) is 6.44. The molecule has 7 heteroatoms. The van der Waals surface area contributed by atoms with Crippen LogP contribution in [0.15, 0.2) is 17.7 Å². The number of aromatic nitrogens is 2. The molecule has 1 aromatic heterocycles. The summed E-state index contributed by atoms with van der Waals surface area (Å²) in [4.78, 5) is 26.7. The molecule has 1 saturated heterocycles. The van der Waals surface area contributed by atoms with E-state index in [1.54, 1.807) is 11.0 Å². The molecule has 0 unspecified atom stereocenters. The summed E-state index contributed by atoms with van der Waals surface area (Å²) in [5.41, 5.74) is 2.64. The van der Waals surface area contributed by atoms with E-state index >= 15 is 0 Å². The van der Waals surface area contributed by atoms with Crippen molar-refractivity contribution in [1.82, 2.24) is 20.0 Å². The SMILES string of the molecule is Cc1cc(C(=O)N2CCOCC2)n(CC(=O)NCCC2=CCCCC2)n1. The maximum Gasteiger partial charge on any atom is 0.272 e. The van der Waals surface area contributed by atoms with Crippen molar-refractivity contribution in [2.45, 2.75) is 45.6 Å². The summed E-state index contributed by atoms with van der Waals surface area (Å²) in [6.07, 6.45) is 8.03. The fraction of sp³-hybridized carbons (Fsp3) is 0.632. The lowest BCUT2D eigenvalue weighted by molar-refractivity contribution is -0.121. The van der Waals surface area contributed by atoms with E-state index in [2.05, 4.69) is 16.5 Å². The Morgan fingerprint density at radius 1 is 1.27 bits per heavy atom. The second-order valence-electron chi connectivity index (χ2n) is 6.94. The molecule has 0 saturated carbocycles. The van der Waals surface area contributed by atoms with Gasteiger partial charge in [0.2, 0.25) is 5.91 Å². The maximum absolute atomic E-state index is 12.7. The summed E-state index contributed by atoms with van der Waals surface area (Å²) in [5.74, 6) is -0.199. The van der Waals surface area contributed by atoms with E-state index in [-0.39, 0.29) is 18.4 Å². The monoisotopic (exact) mass is 360 g/mol. The van der Waals surface area contributed by atoms with Gasteiger partial charge in [0.05, 0.1) is 18.9 Å². The van der Waals surface area contributed by atoms with Crippen LogP contribution in [0.4, 0.5) is 0 Å². The lowest BCUT2D eigenvalue weighted by Crippen LogP contribution is -2.42. The lowest BCUT2D eigenvalue weighted by Gasteiger charge is -2.26. The molecule has 142 valence electrons. The van der Waals surface area contributed by atoms with Crippen LogP contribution < -0.4 is 5.32 Å². The first-order chi connectivity index (χ1) is 12.6. The minimum Gasteiger partial charge on any atom is -0.378 e. The number of ether oxygens (including phenoxy) is 1. The van der Waals surface area contributed by atoms with Crippen molar-refractivity contribution >= 4 is 11.8 Å². The molecule has 1 aliphatic carbocycles. The highest BCUT2D eigenvalue weighted by molar-refractivity contribution is 5.93. The number of hydrogen-bond donors (Lipinski definition) is 1. The predicted octanol–water partition coefficient (Wildman–Crippen LogP) is 1.67. The molecule has 1 fully saturated rings. The highest BCUT2D eigenvalue weighted by Crippen LogP contribution is 2.19. The van der Waals surface area contributed by atoms with Crippen LogP contribution in [0, 0.1) is 6.92 Å². The molecule has 2 amide bonds. The number of allylic oxidation sites excluding steroid dienone is 1. The molecule has 0 bridgehead atoms. The molecule has 7 nitrogen and oxygen atoms in total. The summed E-state index contributed by atoms with van der Waals surface area (Å²) < 4.78 is 6.81. The third-order valence-electron chi connectivity index (χ3n) is 4.87. The Labute approximate surface area is 154 Å². The van der Waals surface area contributed by atoms with Crippen molar-refractivity contribution in [3.8, 4) is 0 Å². The van der Waals surface area contributed by atoms with Gasteiger partial charge >= 0.3 is 0 Å². The van der Waals surface area contributed by atoms with E-state index in [4.69, 9.17) is 4.74 Å². The van der Waals surface area contributed by atoms with Gasteiger partial charge in [-0.05, 0) is 45.1 Å². The van der Waals surface area contributed by atoms with Gasteiger partial charge < -0.3 is 15.0 Å². The van der Waals surface area contributed by atoms with Gasteiger partial charge in [0.15, 0.2) is 0 Å². The average Bonchev–Trinajstić information content (AvgIpc) is 3.02. The topological polar surface area (TPSA) is 76.5 Å². The van der Waals surface area contributed by atoms with Crippen molar-refractivity contribution in [2.75, 3.05) is 32.8 Å². The average molecular weight is 360 g/mol. The first kappa shape index (κ1) is 18.6. The number of nitrogens with one attached hydrogen (secondary N) is 1. The molecule has 0 radical (unpaired) electrons. The highest BCUT2D eigenvalue weighted by atomic mass is 16.5. The van der Waals surface area contributed by atoms with Crippen LogP contribution in [0.1, 0.15) is 48.3 Å². The second-order valence-corrected chi connectivity index (χ2v) is 6.94. The van der Waals surface area contributed by atoms with Crippen LogP contribution in [0.5, 0.6) is 0 Å². The fourth-order valence-electron chi connectivity index (χ4n) is 3.45. The van der Waals surface area contributed by atoms with Gasteiger partial charge in [-0.3, -0.25) is 14.3 Å². The van der Waals surface area contributed by atoms with Crippen molar-refractivity contribution in [3.05, 3.63) is 29.1 Å². The maximum atomic E-state index is 12.7. The van der Waals surface area contributed by atoms with Crippen LogP contribution in [0.3, 0.4) is 0 Å². The highest BCUT2D eigenvalue weighted by Gasteiger charge is 2.23. The molecule has 26 heavy (non-hydrogen) atoms. The largest absolute Gasteiger partial charge is 0.378 e. The zero-order valence-corrected chi connectivity index (χ0v) is 15.5. The van der Waals surface area contributed by atoms with Gasteiger partial charge in [-0.25, -0.2) is 0 Å². The Balaban J connectivity index is 1.54.